The van der Waals surface area contributed by atoms with Crippen molar-refractivity contribution in [3.05, 3.63) is 47.9 Å². The van der Waals surface area contributed by atoms with E-state index in [-0.39, 0.29) is 0 Å². The van der Waals surface area contributed by atoms with Gasteiger partial charge in [-0.2, -0.15) is 0 Å². The van der Waals surface area contributed by atoms with Crippen molar-refractivity contribution in [1.29, 1.82) is 0 Å². The Hall–Kier alpha value is -1.24. The van der Waals surface area contributed by atoms with Crippen molar-refractivity contribution in [2.45, 2.75) is 32.6 Å². The molecular weight excluding hydrogens is 196 g/mol. The highest BCUT2D eigenvalue weighted by Gasteiger charge is 2.30. The fourth-order valence-electron chi connectivity index (χ4n) is 2.07. The Balaban J connectivity index is 2.42. The van der Waals surface area contributed by atoms with Gasteiger partial charge in [-0.15, -0.1) is 6.58 Å². The van der Waals surface area contributed by atoms with Gasteiger partial charge >= 0.3 is 0 Å². The molecule has 0 heterocycles. The fourth-order valence-corrected chi connectivity index (χ4v) is 2.07. The van der Waals surface area contributed by atoms with E-state index in [1.54, 1.807) is 0 Å². The third-order valence-electron chi connectivity index (χ3n) is 3.08. The van der Waals surface area contributed by atoms with Gasteiger partial charge < -0.3 is 4.74 Å². The van der Waals surface area contributed by atoms with Gasteiger partial charge in [0.1, 0.15) is 5.75 Å². The average molecular weight is 215 g/mol. The van der Waals surface area contributed by atoms with Crippen LogP contribution in [0.5, 0.6) is 5.75 Å². The molecule has 85 valence electrons. The van der Waals surface area contributed by atoms with E-state index >= 15 is 0 Å². The second-order valence-electron chi connectivity index (χ2n) is 4.31. The Bertz CT molecular complexity index is 377. The van der Waals surface area contributed by atoms with Gasteiger partial charge in [0.2, 0.25) is 0 Å². The smallest absolute Gasteiger partial charge is 0.123 e. The summed E-state index contributed by atoms with van der Waals surface area (Å²) in [6.45, 7) is 8.74. The number of rotatable bonds is 5. The molecule has 0 spiro atoms. The summed E-state index contributed by atoms with van der Waals surface area (Å²) in [6.07, 6.45) is 4.51. The highest BCUT2D eigenvalue weighted by Crippen LogP contribution is 2.47. The molecular formula is C15H19O. The third kappa shape index (κ3) is 2.13. The van der Waals surface area contributed by atoms with Crippen LogP contribution < -0.4 is 4.74 Å². The van der Waals surface area contributed by atoms with E-state index < -0.39 is 0 Å². The lowest BCUT2D eigenvalue weighted by Crippen LogP contribution is -2.02. The van der Waals surface area contributed by atoms with Crippen LogP contribution in [-0.2, 0) is 0 Å². The van der Waals surface area contributed by atoms with Crippen LogP contribution in [0.1, 0.15) is 43.7 Å². The van der Waals surface area contributed by atoms with E-state index in [0.717, 1.165) is 12.4 Å². The van der Waals surface area contributed by atoms with Crippen LogP contribution >= 0.6 is 0 Å². The van der Waals surface area contributed by atoms with Crippen LogP contribution in [0.4, 0.5) is 0 Å². The van der Waals surface area contributed by atoms with Gasteiger partial charge in [0, 0.05) is 11.5 Å². The van der Waals surface area contributed by atoms with Crippen LogP contribution in [0.25, 0.3) is 0 Å². The normalized spacial score (nSPS) is 15.2. The second-order valence-corrected chi connectivity index (χ2v) is 4.31. The molecule has 1 fully saturated rings. The molecule has 0 unspecified atom stereocenters. The molecule has 0 aromatic heterocycles. The first-order valence-electron chi connectivity index (χ1n) is 6.00. The van der Waals surface area contributed by atoms with E-state index in [9.17, 15) is 0 Å². The van der Waals surface area contributed by atoms with Crippen molar-refractivity contribution in [1.82, 2.24) is 0 Å². The molecule has 0 saturated heterocycles. The van der Waals surface area contributed by atoms with Crippen molar-refractivity contribution in [3.63, 3.8) is 0 Å². The molecule has 0 N–H and O–H groups in total. The number of benzene rings is 1. The lowest BCUT2D eigenvalue weighted by Gasteiger charge is -2.16. The predicted molar refractivity (Wildman–Crippen MR) is 67.8 cm³/mol. The number of ether oxygens (including phenoxy) is 1. The van der Waals surface area contributed by atoms with E-state index in [1.165, 1.54) is 29.9 Å². The maximum absolute atomic E-state index is 5.73. The standard InChI is InChI=1S/C15H19O/c1-4-11(3)13-7-6-8-14(16-5-2)15(13)12-9-10-12/h4,6-8,12H,1,5,9-10H2,2-3H3. The third-order valence-corrected chi connectivity index (χ3v) is 3.08. The van der Waals surface area contributed by atoms with Crippen LogP contribution in [0.3, 0.4) is 0 Å². The van der Waals surface area contributed by atoms with Gasteiger partial charge in [-0.25, -0.2) is 0 Å². The minimum Gasteiger partial charge on any atom is -0.494 e. The van der Waals surface area contributed by atoms with Gasteiger partial charge in [-0.1, -0.05) is 25.1 Å². The molecule has 1 aromatic carbocycles. The van der Waals surface area contributed by atoms with Gasteiger partial charge in [0.25, 0.3) is 0 Å². The van der Waals surface area contributed by atoms with Crippen LogP contribution in [0.15, 0.2) is 30.9 Å². The molecule has 0 atom stereocenters. The quantitative estimate of drug-likeness (QED) is 0.718. The lowest BCUT2D eigenvalue weighted by molar-refractivity contribution is 0.336. The summed E-state index contributed by atoms with van der Waals surface area (Å²) in [6, 6.07) is 6.32. The van der Waals surface area contributed by atoms with Gasteiger partial charge in [-0.3, -0.25) is 0 Å². The molecule has 0 aliphatic heterocycles. The Labute approximate surface area is 98.1 Å². The van der Waals surface area contributed by atoms with E-state index in [0.29, 0.717) is 5.92 Å². The van der Waals surface area contributed by atoms with Crippen LogP contribution in [0, 0.1) is 5.92 Å². The first-order valence-corrected chi connectivity index (χ1v) is 6.00. The Morgan fingerprint density at radius 3 is 2.81 bits per heavy atom. The van der Waals surface area contributed by atoms with Gasteiger partial charge in [0.05, 0.1) is 6.61 Å². The minimum absolute atomic E-state index is 0.702. The van der Waals surface area contributed by atoms with Crippen molar-refractivity contribution in [2.75, 3.05) is 6.61 Å². The molecule has 0 amide bonds. The number of allylic oxidation sites excluding steroid dienone is 1. The highest BCUT2D eigenvalue weighted by molar-refractivity contribution is 5.52. The molecule has 1 aromatic rings. The molecule has 2 rings (SSSR count). The topological polar surface area (TPSA) is 9.23 Å². The lowest BCUT2D eigenvalue weighted by atomic mass is 9.92. The van der Waals surface area contributed by atoms with E-state index in [2.05, 4.69) is 31.7 Å². The van der Waals surface area contributed by atoms with Gasteiger partial charge in [-0.05, 0) is 37.3 Å². The van der Waals surface area contributed by atoms with Crippen molar-refractivity contribution in [2.24, 2.45) is 0 Å². The SMILES string of the molecule is C=C[C](C)c1cccc(OCC)c1C1CC1. The monoisotopic (exact) mass is 215 g/mol. The average Bonchev–Trinajstić information content (AvgIpc) is 3.12. The minimum atomic E-state index is 0.702. The Morgan fingerprint density at radius 1 is 1.50 bits per heavy atom. The number of hydrogen-bond donors (Lipinski definition) is 0. The summed E-state index contributed by atoms with van der Waals surface area (Å²) in [4.78, 5) is 0. The van der Waals surface area contributed by atoms with Crippen molar-refractivity contribution in [3.8, 4) is 5.75 Å². The zero-order chi connectivity index (χ0) is 11.5. The summed E-state index contributed by atoms with van der Waals surface area (Å²) in [5.74, 6) is 3.00. The van der Waals surface area contributed by atoms with Crippen molar-refractivity contribution >= 4 is 0 Å². The number of hydrogen-bond acceptors (Lipinski definition) is 1. The largest absolute Gasteiger partial charge is 0.494 e. The van der Waals surface area contributed by atoms with Gasteiger partial charge in [0.15, 0.2) is 0 Å². The van der Waals surface area contributed by atoms with Crippen LogP contribution in [0.2, 0.25) is 0 Å². The summed E-state index contributed by atoms with van der Waals surface area (Å²) >= 11 is 0. The molecule has 1 aliphatic carbocycles. The molecule has 16 heavy (non-hydrogen) atoms. The summed E-state index contributed by atoms with van der Waals surface area (Å²) in [7, 11) is 0. The molecule has 1 heteroatoms. The summed E-state index contributed by atoms with van der Waals surface area (Å²) in [5.41, 5.74) is 2.70. The molecule has 1 saturated carbocycles. The molecule has 1 aliphatic rings. The zero-order valence-corrected chi connectivity index (χ0v) is 10.1. The van der Waals surface area contributed by atoms with Crippen molar-refractivity contribution < 1.29 is 4.74 Å². The molecule has 1 radical (unpaired) electrons. The highest BCUT2D eigenvalue weighted by atomic mass is 16.5. The van der Waals surface area contributed by atoms with E-state index in [4.69, 9.17) is 4.74 Å². The van der Waals surface area contributed by atoms with E-state index in [1.807, 2.05) is 13.0 Å². The maximum atomic E-state index is 5.73. The fraction of sp³-hybridized carbons (Fsp3) is 0.400. The first-order chi connectivity index (χ1) is 7.77. The zero-order valence-electron chi connectivity index (χ0n) is 10.1. The first kappa shape index (κ1) is 11.3. The predicted octanol–water partition coefficient (Wildman–Crippen LogP) is 4.09. The Morgan fingerprint density at radius 2 is 2.25 bits per heavy atom. The molecule has 1 nitrogen and oxygen atoms in total. The summed E-state index contributed by atoms with van der Waals surface area (Å²) < 4.78 is 5.73. The summed E-state index contributed by atoms with van der Waals surface area (Å²) in [5, 5.41) is 0. The molecule has 0 bridgehead atoms. The maximum Gasteiger partial charge on any atom is 0.123 e. The van der Waals surface area contributed by atoms with Crippen LogP contribution in [-0.4, -0.2) is 6.61 Å². The Kier molecular flexibility index (Phi) is 3.33. The second kappa shape index (κ2) is 4.73.